The van der Waals surface area contributed by atoms with Crippen LogP contribution in [-0.2, 0) is 0 Å². The summed E-state index contributed by atoms with van der Waals surface area (Å²) in [5, 5.41) is 0. The van der Waals surface area contributed by atoms with E-state index in [9.17, 15) is 0 Å². The van der Waals surface area contributed by atoms with E-state index in [1.165, 1.54) is 0 Å². The van der Waals surface area contributed by atoms with E-state index in [0.29, 0.717) is 4.05 Å². The third-order valence-electron chi connectivity index (χ3n) is 0.147. The lowest BCUT2D eigenvalue weighted by atomic mass is 10.8. The topological polar surface area (TPSA) is 26.0 Å². The third-order valence-corrected chi connectivity index (χ3v) is 3.22. The van der Waals surface area contributed by atoms with Crippen molar-refractivity contribution in [3.8, 4) is 0 Å². The molecule has 0 saturated heterocycles. The Labute approximate surface area is 59.0 Å². The molecule has 0 aromatic heterocycles. The number of rotatable bonds is 1. The molecule has 0 saturated carbocycles. The Balaban J connectivity index is 2.54. The van der Waals surface area contributed by atoms with Crippen molar-refractivity contribution in [1.82, 2.24) is 0 Å². The molecule has 1 nitrogen and oxygen atoms in total. The predicted octanol–water partition coefficient (Wildman–Crippen LogP) is 1.14. The van der Waals surface area contributed by atoms with Crippen LogP contribution in [0.15, 0.2) is 0 Å². The van der Waals surface area contributed by atoms with Gasteiger partial charge in [0.15, 0.2) is 0 Å². The summed E-state index contributed by atoms with van der Waals surface area (Å²) >= 11 is 4.42. The van der Waals surface area contributed by atoms with E-state index in [4.69, 9.17) is 5.73 Å². The quantitative estimate of drug-likeness (QED) is 0.438. The Morgan fingerprint density at radius 3 is 2.00 bits per heavy atom. The van der Waals surface area contributed by atoms with Crippen LogP contribution in [0.1, 0.15) is 0 Å². The second-order valence-electron chi connectivity index (χ2n) is 0.670. The minimum Gasteiger partial charge on any atom is -0.319 e. The lowest BCUT2D eigenvalue weighted by Gasteiger charge is -1.87. The zero-order chi connectivity index (χ0) is 4.28. The average molecular weight is 297 g/mol. The molecule has 0 heterocycles. The number of nitrogens with two attached hydrogens (primary N) is 1. The first-order valence-corrected chi connectivity index (χ1v) is 4.00. The molecule has 0 radical (unpaired) electrons. The highest BCUT2D eigenvalue weighted by molar-refractivity contribution is 14.1. The monoisotopic (exact) mass is 297 g/mol. The first kappa shape index (κ1) is 6.42. The summed E-state index contributed by atoms with van der Waals surface area (Å²) in [6.45, 7) is 0. The fraction of sp³-hybridized carbons (Fsp3) is 1.00. The highest BCUT2D eigenvalue weighted by Crippen LogP contribution is 1.94. The molecule has 0 bridgehead atoms. The summed E-state index contributed by atoms with van der Waals surface area (Å²) in [5.41, 5.74) is 5.27. The average Bonchev–Trinajstić information content (AvgIpc) is 1.38. The van der Waals surface area contributed by atoms with Gasteiger partial charge in [-0.15, -0.1) is 0 Å². The van der Waals surface area contributed by atoms with Crippen molar-refractivity contribution in [3.63, 3.8) is 0 Å². The predicted molar refractivity (Wildman–Crippen MR) is 40.9 cm³/mol. The molecule has 0 rings (SSSR count). The Kier molecular flexibility index (Phi) is 4.63. The lowest BCUT2D eigenvalue weighted by molar-refractivity contribution is 1.13. The van der Waals surface area contributed by atoms with Crippen molar-refractivity contribution < 1.29 is 0 Å². The molecule has 2 N–H and O–H groups in total. The number of hydrogen-bond acceptors (Lipinski definition) is 1. The molecule has 1 atom stereocenters. The zero-order valence-corrected chi connectivity index (χ0v) is 6.93. The first-order valence-electron chi connectivity index (χ1n) is 1.23. The summed E-state index contributed by atoms with van der Waals surface area (Å²) in [6, 6.07) is 0. The second kappa shape index (κ2) is 3.60. The lowest BCUT2D eigenvalue weighted by Crippen LogP contribution is -2.10. The van der Waals surface area contributed by atoms with Crippen LogP contribution in [0.4, 0.5) is 0 Å². The maximum absolute atomic E-state index is 5.27. The van der Waals surface area contributed by atoms with Gasteiger partial charge in [0.05, 0.1) is 4.05 Å². The van der Waals surface area contributed by atoms with E-state index >= 15 is 0 Å². The Bertz CT molecular complexity index is 21.6. The van der Waals surface area contributed by atoms with Crippen molar-refractivity contribution in [2.45, 2.75) is 4.05 Å². The standard InChI is InChI=1S/C2H5I2N/c3-1-2(4)5/h2H,1,5H2. The van der Waals surface area contributed by atoms with Gasteiger partial charge in [-0.05, 0) is 0 Å². The number of hydrogen-bond donors (Lipinski definition) is 1. The van der Waals surface area contributed by atoms with Gasteiger partial charge in [0.2, 0.25) is 0 Å². The fourth-order valence-corrected chi connectivity index (χ4v) is 0. The second-order valence-corrected chi connectivity index (χ2v) is 3.15. The number of alkyl halides is 2. The van der Waals surface area contributed by atoms with Gasteiger partial charge in [-0.3, -0.25) is 0 Å². The van der Waals surface area contributed by atoms with E-state index in [-0.39, 0.29) is 0 Å². The van der Waals surface area contributed by atoms with Crippen LogP contribution in [0, 0.1) is 0 Å². The largest absolute Gasteiger partial charge is 0.319 e. The van der Waals surface area contributed by atoms with Gasteiger partial charge >= 0.3 is 0 Å². The van der Waals surface area contributed by atoms with Crippen molar-refractivity contribution in [2.75, 3.05) is 4.43 Å². The molecule has 32 valence electrons. The maximum atomic E-state index is 5.27. The van der Waals surface area contributed by atoms with Crippen LogP contribution in [0.3, 0.4) is 0 Å². The zero-order valence-electron chi connectivity index (χ0n) is 2.62. The molecule has 0 amide bonds. The SMILES string of the molecule is NC(I)CI. The van der Waals surface area contributed by atoms with Crippen LogP contribution in [0.2, 0.25) is 0 Å². The summed E-state index contributed by atoms with van der Waals surface area (Å²) in [6.07, 6.45) is 0. The Morgan fingerprint density at radius 1 is 1.80 bits per heavy atom. The van der Waals surface area contributed by atoms with Crippen LogP contribution in [0.25, 0.3) is 0 Å². The molecule has 3 heteroatoms. The highest BCUT2D eigenvalue weighted by Gasteiger charge is 1.84. The summed E-state index contributed by atoms with van der Waals surface area (Å²) in [4.78, 5) is 0. The van der Waals surface area contributed by atoms with E-state index in [2.05, 4.69) is 45.2 Å². The molecule has 0 aliphatic heterocycles. The van der Waals surface area contributed by atoms with Gasteiger partial charge in [-0.2, -0.15) is 0 Å². The van der Waals surface area contributed by atoms with Gasteiger partial charge in [-0.25, -0.2) is 0 Å². The van der Waals surface area contributed by atoms with Gasteiger partial charge in [0.1, 0.15) is 0 Å². The molecule has 0 aliphatic carbocycles. The highest BCUT2D eigenvalue weighted by atomic mass is 127. The first-order chi connectivity index (χ1) is 2.27. The summed E-state index contributed by atoms with van der Waals surface area (Å²) in [5.74, 6) is 0. The molecule has 5 heavy (non-hydrogen) atoms. The molecule has 0 aliphatic rings. The molecule has 1 unspecified atom stereocenters. The van der Waals surface area contributed by atoms with Crippen molar-refractivity contribution in [3.05, 3.63) is 0 Å². The van der Waals surface area contributed by atoms with E-state index in [0.717, 1.165) is 4.43 Å². The molecular weight excluding hydrogens is 292 g/mol. The third kappa shape index (κ3) is 5.42. The van der Waals surface area contributed by atoms with Crippen molar-refractivity contribution >= 4 is 45.2 Å². The number of halogens is 2. The van der Waals surface area contributed by atoms with Crippen LogP contribution in [-0.4, -0.2) is 8.48 Å². The molecule has 0 aromatic carbocycles. The summed E-state index contributed by atoms with van der Waals surface area (Å²) in [7, 11) is 0. The maximum Gasteiger partial charge on any atom is 0.0659 e. The molecule has 0 fully saturated rings. The van der Waals surface area contributed by atoms with E-state index in [1.54, 1.807) is 0 Å². The van der Waals surface area contributed by atoms with E-state index < -0.39 is 0 Å². The van der Waals surface area contributed by atoms with Crippen molar-refractivity contribution in [1.29, 1.82) is 0 Å². The summed E-state index contributed by atoms with van der Waals surface area (Å²) < 4.78 is 1.38. The Morgan fingerprint density at radius 2 is 2.00 bits per heavy atom. The Hall–Kier alpha value is 1.42. The van der Waals surface area contributed by atoms with Crippen LogP contribution < -0.4 is 5.73 Å². The minimum absolute atomic E-state index is 0.341. The van der Waals surface area contributed by atoms with Gasteiger partial charge in [0.25, 0.3) is 0 Å². The van der Waals surface area contributed by atoms with E-state index in [1.807, 2.05) is 0 Å². The molecule has 0 spiro atoms. The molecule has 0 aromatic rings. The minimum atomic E-state index is 0.341. The molecular formula is C2H5I2N. The van der Waals surface area contributed by atoms with Gasteiger partial charge < -0.3 is 5.73 Å². The smallest absolute Gasteiger partial charge is 0.0659 e. The fourth-order valence-electron chi connectivity index (χ4n) is 0. The van der Waals surface area contributed by atoms with Crippen LogP contribution in [0.5, 0.6) is 0 Å². The van der Waals surface area contributed by atoms with Gasteiger partial charge in [0, 0.05) is 4.43 Å². The van der Waals surface area contributed by atoms with Crippen molar-refractivity contribution in [2.24, 2.45) is 5.73 Å². The van der Waals surface area contributed by atoms with Gasteiger partial charge in [-0.1, -0.05) is 45.2 Å². The normalized spacial score (nSPS) is 15.0. The van der Waals surface area contributed by atoms with Crippen LogP contribution >= 0.6 is 45.2 Å².